The summed E-state index contributed by atoms with van der Waals surface area (Å²) in [4.78, 5) is 1.53. The molecule has 15 heavy (non-hydrogen) atoms. The van der Waals surface area contributed by atoms with Crippen LogP contribution in [0.25, 0.3) is 0 Å². The maximum atomic E-state index is 12.0. The van der Waals surface area contributed by atoms with Crippen LogP contribution in [0.3, 0.4) is 0 Å². The number of alkyl halides is 2. The van der Waals surface area contributed by atoms with Gasteiger partial charge in [0.2, 0.25) is 0 Å². The van der Waals surface area contributed by atoms with Gasteiger partial charge in [-0.15, -0.1) is 0 Å². The van der Waals surface area contributed by atoms with E-state index in [0.29, 0.717) is 12.1 Å². The summed E-state index contributed by atoms with van der Waals surface area (Å²) in [5, 5.41) is 8.66. The number of benzene rings is 1. The van der Waals surface area contributed by atoms with E-state index in [1.54, 1.807) is 25.2 Å². The van der Waals surface area contributed by atoms with Gasteiger partial charge in [-0.3, -0.25) is 4.90 Å². The lowest BCUT2D eigenvalue weighted by atomic mass is 10.1. The van der Waals surface area contributed by atoms with Gasteiger partial charge in [0.05, 0.1) is 18.2 Å². The molecule has 1 rings (SSSR count). The highest BCUT2D eigenvalue weighted by Gasteiger charge is 2.07. The van der Waals surface area contributed by atoms with Crippen LogP contribution in [-0.2, 0) is 6.54 Å². The second-order valence-corrected chi connectivity index (χ2v) is 3.40. The highest BCUT2D eigenvalue weighted by atomic mass is 19.3. The summed E-state index contributed by atoms with van der Waals surface area (Å²) in [7, 11) is 1.63. The molecule has 0 unspecified atom stereocenters. The van der Waals surface area contributed by atoms with E-state index in [1.807, 2.05) is 12.1 Å². The van der Waals surface area contributed by atoms with Gasteiger partial charge >= 0.3 is 0 Å². The molecule has 1 aromatic carbocycles. The van der Waals surface area contributed by atoms with Crippen molar-refractivity contribution in [1.82, 2.24) is 4.90 Å². The summed E-state index contributed by atoms with van der Waals surface area (Å²) in [5.41, 5.74) is 1.43. The van der Waals surface area contributed by atoms with Crippen LogP contribution in [0.5, 0.6) is 0 Å². The number of nitrogens with zero attached hydrogens (tertiary/aromatic N) is 2. The molecule has 0 radical (unpaired) electrons. The first-order valence-corrected chi connectivity index (χ1v) is 4.57. The van der Waals surface area contributed by atoms with Crippen LogP contribution < -0.4 is 0 Å². The average molecular weight is 210 g/mol. The first-order chi connectivity index (χ1) is 7.11. The Morgan fingerprint density at radius 2 is 2.20 bits per heavy atom. The van der Waals surface area contributed by atoms with Crippen LogP contribution in [0.15, 0.2) is 24.3 Å². The second-order valence-electron chi connectivity index (χ2n) is 3.40. The summed E-state index contributed by atoms with van der Waals surface area (Å²) in [6, 6.07) is 8.99. The van der Waals surface area contributed by atoms with Gasteiger partial charge in [-0.25, -0.2) is 8.78 Å². The summed E-state index contributed by atoms with van der Waals surface area (Å²) >= 11 is 0. The van der Waals surface area contributed by atoms with Crippen molar-refractivity contribution < 1.29 is 8.78 Å². The average Bonchev–Trinajstić information content (AvgIpc) is 2.16. The maximum absolute atomic E-state index is 12.0. The third kappa shape index (κ3) is 4.05. The first kappa shape index (κ1) is 11.6. The van der Waals surface area contributed by atoms with E-state index in [4.69, 9.17) is 5.26 Å². The van der Waals surface area contributed by atoms with Crippen LogP contribution >= 0.6 is 0 Å². The molecule has 0 saturated heterocycles. The lowest BCUT2D eigenvalue weighted by molar-refractivity contribution is 0.0975. The van der Waals surface area contributed by atoms with E-state index in [9.17, 15) is 8.78 Å². The fourth-order valence-corrected chi connectivity index (χ4v) is 1.35. The molecule has 0 atom stereocenters. The van der Waals surface area contributed by atoms with Crippen molar-refractivity contribution in [3.05, 3.63) is 35.4 Å². The SMILES string of the molecule is CN(Cc1cccc(C#N)c1)CC(F)F. The van der Waals surface area contributed by atoms with Crippen LogP contribution in [0, 0.1) is 11.3 Å². The number of halogens is 2. The summed E-state index contributed by atoms with van der Waals surface area (Å²) in [6.07, 6.45) is -2.32. The normalized spacial score (nSPS) is 10.7. The maximum Gasteiger partial charge on any atom is 0.251 e. The molecule has 0 aliphatic heterocycles. The molecule has 0 fully saturated rings. The van der Waals surface area contributed by atoms with Gasteiger partial charge in [-0.2, -0.15) is 5.26 Å². The molecule has 0 spiro atoms. The molecule has 0 bridgehead atoms. The van der Waals surface area contributed by atoms with E-state index in [0.717, 1.165) is 5.56 Å². The van der Waals surface area contributed by atoms with Crippen molar-refractivity contribution in [2.75, 3.05) is 13.6 Å². The minimum atomic E-state index is -2.32. The minimum absolute atomic E-state index is 0.253. The number of rotatable bonds is 4. The molecule has 80 valence electrons. The summed E-state index contributed by atoms with van der Waals surface area (Å²) in [5.74, 6) is 0. The molecule has 1 aromatic rings. The van der Waals surface area contributed by atoms with Crippen molar-refractivity contribution in [1.29, 1.82) is 5.26 Å². The van der Waals surface area contributed by atoms with Gasteiger partial charge in [-0.1, -0.05) is 12.1 Å². The first-order valence-electron chi connectivity index (χ1n) is 4.57. The van der Waals surface area contributed by atoms with Crippen molar-refractivity contribution in [3.63, 3.8) is 0 Å². The standard InChI is InChI=1S/C11H12F2N2/c1-15(8-11(12)13)7-10-4-2-3-9(5-10)6-14/h2-5,11H,7-8H2,1H3. The lowest BCUT2D eigenvalue weighted by Gasteiger charge is -2.15. The molecule has 0 saturated carbocycles. The third-order valence-corrected chi connectivity index (χ3v) is 1.96. The van der Waals surface area contributed by atoms with E-state index < -0.39 is 6.43 Å². The minimum Gasteiger partial charge on any atom is -0.297 e. The molecule has 4 heteroatoms. The van der Waals surface area contributed by atoms with Gasteiger partial charge in [-0.05, 0) is 24.7 Å². The van der Waals surface area contributed by atoms with E-state index in [1.165, 1.54) is 4.90 Å². The van der Waals surface area contributed by atoms with Gasteiger partial charge < -0.3 is 0 Å². The Hall–Kier alpha value is -1.47. The van der Waals surface area contributed by atoms with Gasteiger partial charge in [0.15, 0.2) is 0 Å². The quantitative estimate of drug-likeness (QED) is 0.762. The predicted molar refractivity (Wildman–Crippen MR) is 53.5 cm³/mol. The monoisotopic (exact) mass is 210 g/mol. The Balaban J connectivity index is 2.60. The van der Waals surface area contributed by atoms with Gasteiger partial charge in [0.1, 0.15) is 0 Å². The molecule has 0 aromatic heterocycles. The predicted octanol–water partition coefficient (Wildman–Crippen LogP) is 2.26. The second kappa shape index (κ2) is 5.42. The molecule has 0 N–H and O–H groups in total. The number of hydrogen-bond acceptors (Lipinski definition) is 2. The van der Waals surface area contributed by atoms with Gasteiger partial charge in [0.25, 0.3) is 6.43 Å². The molecular weight excluding hydrogens is 198 g/mol. The van der Waals surface area contributed by atoms with E-state index in [2.05, 4.69) is 0 Å². The van der Waals surface area contributed by atoms with Crippen LogP contribution in [0.2, 0.25) is 0 Å². The lowest BCUT2D eigenvalue weighted by Crippen LogP contribution is -2.24. The van der Waals surface area contributed by atoms with Gasteiger partial charge in [0, 0.05) is 6.54 Å². The smallest absolute Gasteiger partial charge is 0.251 e. The number of hydrogen-bond donors (Lipinski definition) is 0. The summed E-state index contributed by atoms with van der Waals surface area (Å²) < 4.78 is 24.1. The highest BCUT2D eigenvalue weighted by Crippen LogP contribution is 2.07. The summed E-state index contributed by atoms with van der Waals surface area (Å²) in [6.45, 7) is 0.177. The van der Waals surface area contributed by atoms with Crippen LogP contribution in [-0.4, -0.2) is 24.9 Å². The molecule has 0 heterocycles. The Morgan fingerprint density at radius 1 is 1.47 bits per heavy atom. The fourth-order valence-electron chi connectivity index (χ4n) is 1.35. The third-order valence-electron chi connectivity index (χ3n) is 1.96. The Morgan fingerprint density at radius 3 is 2.80 bits per heavy atom. The van der Waals surface area contributed by atoms with E-state index >= 15 is 0 Å². The molecule has 0 amide bonds. The molecular formula is C11H12F2N2. The zero-order chi connectivity index (χ0) is 11.3. The van der Waals surface area contributed by atoms with Crippen LogP contribution in [0.4, 0.5) is 8.78 Å². The number of nitriles is 1. The fraction of sp³-hybridized carbons (Fsp3) is 0.364. The molecule has 2 nitrogen and oxygen atoms in total. The zero-order valence-corrected chi connectivity index (χ0v) is 8.45. The van der Waals surface area contributed by atoms with Crippen molar-refractivity contribution in [2.24, 2.45) is 0 Å². The molecule has 0 aliphatic rings. The molecule has 0 aliphatic carbocycles. The van der Waals surface area contributed by atoms with Crippen molar-refractivity contribution in [2.45, 2.75) is 13.0 Å². The Bertz CT molecular complexity index is 358. The largest absolute Gasteiger partial charge is 0.297 e. The highest BCUT2D eigenvalue weighted by molar-refractivity contribution is 5.32. The Labute approximate surface area is 87.7 Å². The van der Waals surface area contributed by atoms with Crippen molar-refractivity contribution >= 4 is 0 Å². The van der Waals surface area contributed by atoms with Crippen molar-refractivity contribution in [3.8, 4) is 6.07 Å². The topological polar surface area (TPSA) is 27.0 Å². The zero-order valence-electron chi connectivity index (χ0n) is 8.45. The Kier molecular flexibility index (Phi) is 4.19. The van der Waals surface area contributed by atoms with Crippen LogP contribution in [0.1, 0.15) is 11.1 Å². The van der Waals surface area contributed by atoms with E-state index in [-0.39, 0.29) is 6.54 Å².